The molecule has 0 saturated heterocycles. The van der Waals surface area contributed by atoms with Crippen LogP contribution in [0.15, 0.2) is 95.4 Å². The first-order chi connectivity index (χ1) is 18.9. The molecular weight excluding hydrogens is 476 g/mol. The highest BCUT2D eigenvalue weighted by molar-refractivity contribution is 6.15. The van der Waals surface area contributed by atoms with Gasteiger partial charge in [-0.15, -0.1) is 0 Å². The molecule has 0 N–H and O–H groups in total. The van der Waals surface area contributed by atoms with E-state index in [0.717, 1.165) is 49.9 Å². The van der Waals surface area contributed by atoms with Crippen molar-refractivity contribution in [2.75, 3.05) is 0 Å². The Morgan fingerprint density at radius 1 is 0.744 bits per heavy atom. The van der Waals surface area contributed by atoms with Crippen molar-refractivity contribution in [3.05, 3.63) is 119 Å². The molecule has 6 rings (SSSR count). The van der Waals surface area contributed by atoms with Gasteiger partial charge in [-0.2, -0.15) is 4.57 Å². The second-order valence-electron chi connectivity index (χ2n) is 10.6. The summed E-state index contributed by atoms with van der Waals surface area (Å²) in [6.45, 7) is 16.7. The van der Waals surface area contributed by atoms with E-state index in [0.29, 0.717) is 11.6 Å². The molecule has 0 amide bonds. The summed E-state index contributed by atoms with van der Waals surface area (Å²) in [4.78, 5) is 3.85. The van der Waals surface area contributed by atoms with Crippen molar-refractivity contribution in [1.82, 2.24) is 0 Å². The number of benzene rings is 4. The van der Waals surface area contributed by atoms with Crippen molar-refractivity contribution in [1.29, 1.82) is 0 Å². The second kappa shape index (κ2) is 9.57. The van der Waals surface area contributed by atoms with Crippen molar-refractivity contribution in [2.24, 2.45) is 7.05 Å². The number of pyridine rings is 1. The van der Waals surface area contributed by atoms with Gasteiger partial charge in [0.05, 0.1) is 12.1 Å². The molecule has 2 aromatic heterocycles. The van der Waals surface area contributed by atoms with Crippen molar-refractivity contribution in [3.8, 4) is 33.5 Å². The fourth-order valence-corrected chi connectivity index (χ4v) is 5.98. The molecule has 0 spiro atoms. The predicted molar refractivity (Wildman–Crippen MR) is 161 cm³/mol. The minimum absolute atomic E-state index is 0.379. The maximum Gasteiger partial charge on any atom is 0.217 e. The Morgan fingerprint density at radius 3 is 1.95 bits per heavy atom. The number of furan rings is 1. The zero-order valence-corrected chi connectivity index (χ0v) is 23.0. The summed E-state index contributed by atoms with van der Waals surface area (Å²) in [7, 11) is 2.15. The van der Waals surface area contributed by atoms with Gasteiger partial charge in [0.1, 0.15) is 18.2 Å². The SMILES string of the molecule is [C-]#[N+]c1ccc2c(oc3c(-c4cc(-c5ccccc5)c(C(C)C)c(C)[n+]4C)c(C)ccc32)c1-c1ccccc1. The summed E-state index contributed by atoms with van der Waals surface area (Å²) in [6.07, 6.45) is 0. The summed E-state index contributed by atoms with van der Waals surface area (Å²) >= 11 is 0. The van der Waals surface area contributed by atoms with Crippen molar-refractivity contribution >= 4 is 27.6 Å². The molecule has 0 saturated carbocycles. The van der Waals surface area contributed by atoms with Crippen LogP contribution < -0.4 is 4.57 Å². The van der Waals surface area contributed by atoms with Gasteiger partial charge < -0.3 is 4.42 Å². The molecule has 0 fully saturated rings. The molecule has 0 aliphatic carbocycles. The minimum Gasteiger partial charge on any atom is -0.456 e. The Labute approximate surface area is 229 Å². The third-order valence-electron chi connectivity index (χ3n) is 7.92. The van der Waals surface area contributed by atoms with Gasteiger partial charge in [0.2, 0.25) is 5.69 Å². The average Bonchev–Trinajstić information content (AvgIpc) is 3.33. The number of fused-ring (bicyclic) bond motifs is 3. The molecular formula is C36H31N2O+. The van der Waals surface area contributed by atoms with Gasteiger partial charge in [0.25, 0.3) is 0 Å². The zero-order valence-electron chi connectivity index (χ0n) is 23.0. The summed E-state index contributed by atoms with van der Waals surface area (Å²) < 4.78 is 9.11. The fourth-order valence-electron chi connectivity index (χ4n) is 5.98. The molecule has 0 aliphatic rings. The van der Waals surface area contributed by atoms with E-state index in [1.54, 1.807) is 0 Å². The Hall–Kier alpha value is -4.68. The molecule has 39 heavy (non-hydrogen) atoms. The Bertz CT molecular complexity index is 1910. The van der Waals surface area contributed by atoms with E-state index in [4.69, 9.17) is 11.0 Å². The van der Waals surface area contributed by atoms with Gasteiger partial charge >= 0.3 is 0 Å². The lowest BCUT2D eigenvalue weighted by atomic mass is 9.89. The zero-order chi connectivity index (χ0) is 27.3. The van der Waals surface area contributed by atoms with Crippen LogP contribution in [0.4, 0.5) is 5.69 Å². The monoisotopic (exact) mass is 507 g/mol. The normalized spacial score (nSPS) is 11.4. The van der Waals surface area contributed by atoms with Gasteiger partial charge in [-0.05, 0) is 35.1 Å². The molecule has 2 heterocycles. The van der Waals surface area contributed by atoms with Gasteiger partial charge in [-0.1, -0.05) is 98.8 Å². The van der Waals surface area contributed by atoms with Crippen LogP contribution in [0.3, 0.4) is 0 Å². The van der Waals surface area contributed by atoms with Crippen molar-refractivity contribution in [2.45, 2.75) is 33.6 Å². The highest BCUT2D eigenvalue weighted by atomic mass is 16.3. The summed E-state index contributed by atoms with van der Waals surface area (Å²) in [5.74, 6) is 0.379. The van der Waals surface area contributed by atoms with Crippen LogP contribution in [0.5, 0.6) is 0 Å². The van der Waals surface area contributed by atoms with Gasteiger partial charge in [0, 0.05) is 34.9 Å². The quantitative estimate of drug-likeness (QED) is 0.172. The van der Waals surface area contributed by atoms with Gasteiger partial charge in [0.15, 0.2) is 11.4 Å². The first-order valence-electron chi connectivity index (χ1n) is 13.4. The lowest BCUT2D eigenvalue weighted by Crippen LogP contribution is -2.36. The first kappa shape index (κ1) is 24.6. The molecule has 190 valence electrons. The smallest absolute Gasteiger partial charge is 0.217 e. The van der Waals surface area contributed by atoms with E-state index in [-0.39, 0.29) is 0 Å². The minimum atomic E-state index is 0.379. The number of hydrogen-bond acceptors (Lipinski definition) is 1. The lowest BCUT2D eigenvalue weighted by molar-refractivity contribution is -0.667. The highest BCUT2D eigenvalue weighted by Crippen LogP contribution is 2.45. The molecule has 0 radical (unpaired) electrons. The molecule has 0 aliphatic heterocycles. The molecule has 0 unspecified atom stereocenters. The van der Waals surface area contributed by atoms with Gasteiger partial charge in [-0.25, -0.2) is 4.85 Å². The maximum absolute atomic E-state index is 7.85. The van der Waals surface area contributed by atoms with Gasteiger partial charge in [-0.3, -0.25) is 0 Å². The number of rotatable bonds is 4. The van der Waals surface area contributed by atoms with Crippen molar-refractivity contribution in [3.63, 3.8) is 0 Å². The third-order valence-corrected chi connectivity index (χ3v) is 7.92. The Morgan fingerprint density at radius 2 is 1.33 bits per heavy atom. The number of hydrogen-bond donors (Lipinski definition) is 0. The van der Waals surface area contributed by atoms with E-state index < -0.39 is 0 Å². The van der Waals surface area contributed by atoms with Crippen molar-refractivity contribution < 1.29 is 8.98 Å². The van der Waals surface area contributed by atoms with Crippen LogP contribution in [0.25, 0.3) is 60.3 Å². The van der Waals surface area contributed by atoms with E-state index in [1.807, 2.05) is 42.5 Å². The van der Waals surface area contributed by atoms with E-state index in [9.17, 15) is 0 Å². The average molecular weight is 508 g/mol. The molecule has 0 bridgehead atoms. The lowest BCUT2D eigenvalue weighted by Gasteiger charge is -2.17. The Balaban J connectivity index is 1.72. The van der Waals surface area contributed by atoms with Crippen LogP contribution in [0, 0.1) is 20.4 Å². The molecule has 0 atom stereocenters. The van der Waals surface area contributed by atoms with Crippen LogP contribution in [-0.2, 0) is 7.05 Å². The van der Waals surface area contributed by atoms with Crippen LogP contribution in [-0.4, -0.2) is 0 Å². The third kappa shape index (κ3) is 3.92. The number of aryl methyl sites for hydroxylation is 1. The Kier molecular flexibility index (Phi) is 6.04. The summed E-state index contributed by atoms with van der Waals surface area (Å²) in [5.41, 5.74) is 12.5. The second-order valence-corrected chi connectivity index (χ2v) is 10.6. The maximum atomic E-state index is 7.85. The molecule has 3 nitrogen and oxygen atoms in total. The largest absolute Gasteiger partial charge is 0.456 e. The molecule has 4 aromatic carbocycles. The van der Waals surface area contributed by atoms with E-state index in [1.165, 1.54) is 22.4 Å². The van der Waals surface area contributed by atoms with Crippen LogP contribution in [0.1, 0.15) is 36.6 Å². The molecule has 6 aromatic rings. The highest BCUT2D eigenvalue weighted by Gasteiger charge is 2.28. The van der Waals surface area contributed by atoms with Crippen LogP contribution in [0.2, 0.25) is 0 Å². The van der Waals surface area contributed by atoms with E-state index in [2.05, 4.69) is 92.7 Å². The fraction of sp³-hybridized carbons (Fsp3) is 0.167. The van der Waals surface area contributed by atoms with Crippen LogP contribution >= 0.6 is 0 Å². The predicted octanol–water partition coefficient (Wildman–Crippen LogP) is 9.70. The molecule has 3 heteroatoms. The number of nitrogens with zero attached hydrogens (tertiary/aromatic N) is 2. The topological polar surface area (TPSA) is 21.4 Å². The summed E-state index contributed by atoms with van der Waals surface area (Å²) in [6, 6.07) is 31.4. The standard InChI is InChI=1S/C36H31N2O/c1-22(2)32-24(4)38(6)31(21-29(32)25-13-9-7-10-14-25)33-23(3)17-18-27-28-19-20-30(37-5)34(36(28)39-35(27)33)26-15-11-8-12-16-26/h7-22H,1-4,6H3/q+1. The summed E-state index contributed by atoms with van der Waals surface area (Å²) in [5, 5.41) is 2.09. The number of aromatic nitrogens is 1. The van der Waals surface area contributed by atoms with E-state index >= 15 is 0 Å². The first-order valence-corrected chi connectivity index (χ1v) is 13.4.